The maximum atomic E-state index is 12.9. The van der Waals surface area contributed by atoms with Crippen LogP contribution in [0.2, 0.25) is 0 Å². The Morgan fingerprint density at radius 3 is 2.68 bits per heavy atom. The number of hydrogen-bond acceptors (Lipinski definition) is 6. The molecule has 1 saturated heterocycles. The van der Waals surface area contributed by atoms with Gasteiger partial charge in [0.1, 0.15) is 11.4 Å². The molecule has 3 heterocycles. The number of hydrogen-bond donors (Lipinski definition) is 0. The summed E-state index contributed by atoms with van der Waals surface area (Å²) < 4.78 is 8.50. The molecule has 1 aliphatic rings. The maximum absolute atomic E-state index is 12.9. The van der Waals surface area contributed by atoms with E-state index < -0.39 is 0 Å². The summed E-state index contributed by atoms with van der Waals surface area (Å²) in [4.78, 5) is 21.8. The molecule has 4 rings (SSSR count). The Morgan fingerprint density at radius 1 is 1.18 bits per heavy atom. The number of amides is 1. The number of anilines is 1. The molecule has 0 spiro atoms. The molecule has 1 aliphatic heterocycles. The largest absolute Gasteiger partial charge is 0.494 e. The van der Waals surface area contributed by atoms with Gasteiger partial charge in [0.2, 0.25) is 0 Å². The number of fused-ring (bicyclic) bond motifs is 1. The third-order valence-corrected chi connectivity index (χ3v) is 6.00. The van der Waals surface area contributed by atoms with Gasteiger partial charge in [-0.05, 0) is 45.0 Å². The van der Waals surface area contributed by atoms with Gasteiger partial charge >= 0.3 is 0 Å². The van der Waals surface area contributed by atoms with Crippen LogP contribution in [0.4, 0.5) is 5.13 Å². The zero-order chi connectivity index (χ0) is 19.7. The number of piperazine rings is 1. The highest BCUT2D eigenvalue weighted by Crippen LogP contribution is 2.32. The van der Waals surface area contributed by atoms with Crippen molar-refractivity contribution in [1.29, 1.82) is 0 Å². The van der Waals surface area contributed by atoms with E-state index in [2.05, 4.69) is 10.00 Å². The molecule has 3 aromatic rings. The number of aryl methyl sites for hydroxylation is 2. The summed E-state index contributed by atoms with van der Waals surface area (Å²) in [5.74, 6) is 0.941. The van der Waals surface area contributed by atoms with E-state index in [1.54, 1.807) is 16.0 Å². The number of ether oxygens (including phenoxy) is 1. The zero-order valence-electron chi connectivity index (χ0n) is 16.5. The van der Waals surface area contributed by atoms with Gasteiger partial charge in [-0.15, -0.1) is 0 Å². The first kappa shape index (κ1) is 18.7. The molecular weight excluding hydrogens is 374 g/mol. The lowest BCUT2D eigenvalue weighted by atomic mass is 10.2. The van der Waals surface area contributed by atoms with Crippen LogP contribution < -0.4 is 9.64 Å². The van der Waals surface area contributed by atoms with Crippen molar-refractivity contribution in [2.24, 2.45) is 0 Å². The van der Waals surface area contributed by atoms with Crippen molar-refractivity contribution in [3.05, 3.63) is 35.7 Å². The van der Waals surface area contributed by atoms with Crippen LogP contribution in [0.1, 0.15) is 30.0 Å². The second-order valence-corrected chi connectivity index (χ2v) is 7.83. The number of aromatic nitrogens is 3. The van der Waals surface area contributed by atoms with Gasteiger partial charge in [0.05, 0.1) is 22.5 Å². The van der Waals surface area contributed by atoms with Crippen LogP contribution >= 0.6 is 11.3 Å². The molecular formula is C20H25N5O2S. The maximum Gasteiger partial charge on any atom is 0.272 e. The summed E-state index contributed by atoms with van der Waals surface area (Å²) in [6, 6.07) is 7.90. The summed E-state index contributed by atoms with van der Waals surface area (Å²) in [7, 11) is 0. The highest BCUT2D eigenvalue weighted by atomic mass is 32.1. The predicted octanol–water partition coefficient (Wildman–Crippen LogP) is 3.18. The number of benzene rings is 1. The predicted molar refractivity (Wildman–Crippen MR) is 112 cm³/mol. The molecule has 28 heavy (non-hydrogen) atoms. The van der Waals surface area contributed by atoms with Gasteiger partial charge in [-0.25, -0.2) is 4.98 Å². The first-order chi connectivity index (χ1) is 13.6. The Morgan fingerprint density at radius 2 is 1.96 bits per heavy atom. The van der Waals surface area contributed by atoms with Gasteiger partial charge in [-0.1, -0.05) is 11.3 Å². The average molecular weight is 400 g/mol. The molecule has 7 nitrogen and oxygen atoms in total. The third-order valence-electron chi connectivity index (χ3n) is 4.92. The zero-order valence-corrected chi connectivity index (χ0v) is 17.3. The Kier molecular flexibility index (Phi) is 5.21. The second kappa shape index (κ2) is 7.79. The van der Waals surface area contributed by atoms with E-state index in [1.165, 1.54) is 0 Å². The smallest absolute Gasteiger partial charge is 0.272 e. The lowest BCUT2D eigenvalue weighted by Gasteiger charge is -2.34. The summed E-state index contributed by atoms with van der Waals surface area (Å²) in [5, 5.41) is 5.40. The molecule has 1 amide bonds. The van der Waals surface area contributed by atoms with Gasteiger partial charge in [-0.2, -0.15) is 5.10 Å². The topological polar surface area (TPSA) is 63.5 Å². The first-order valence-electron chi connectivity index (χ1n) is 9.71. The monoisotopic (exact) mass is 399 g/mol. The van der Waals surface area contributed by atoms with Gasteiger partial charge in [0.25, 0.3) is 5.91 Å². The normalized spacial score (nSPS) is 14.7. The van der Waals surface area contributed by atoms with E-state index in [9.17, 15) is 4.79 Å². The van der Waals surface area contributed by atoms with E-state index in [0.717, 1.165) is 39.9 Å². The number of thiazole rings is 1. The molecule has 0 radical (unpaired) electrons. The molecule has 148 valence electrons. The third kappa shape index (κ3) is 3.56. The molecule has 0 bridgehead atoms. The minimum Gasteiger partial charge on any atom is -0.494 e. The Labute approximate surface area is 168 Å². The van der Waals surface area contributed by atoms with E-state index in [0.29, 0.717) is 31.9 Å². The lowest BCUT2D eigenvalue weighted by molar-refractivity contribution is 0.0734. The molecule has 0 N–H and O–H groups in total. The summed E-state index contributed by atoms with van der Waals surface area (Å²) >= 11 is 1.68. The molecule has 2 aromatic heterocycles. The Hall–Kier alpha value is -2.61. The fraction of sp³-hybridized carbons (Fsp3) is 0.450. The number of rotatable bonds is 5. The molecule has 0 saturated carbocycles. The highest BCUT2D eigenvalue weighted by Gasteiger charge is 2.26. The van der Waals surface area contributed by atoms with Crippen molar-refractivity contribution in [2.45, 2.75) is 27.3 Å². The van der Waals surface area contributed by atoms with Gasteiger partial charge < -0.3 is 14.5 Å². The van der Waals surface area contributed by atoms with Crippen LogP contribution in [0, 0.1) is 6.92 Å². The molecule has 1 fully saturated rings. The second-order valence-electron chi connectivity index (χ2n) is 6.82. The standard InChI is InChI=1S/C20H25N5O2S/c1-4-25-17(12-14(3)22-25)19(26)23-8-10-24(11-9-23)20-21-16-7-6-15(27-5-2)13-18(16)28-20/h6-7,12-13H,4-5,8-11H2,1-3H3. The number of carbonyl (C=O) groups is 1. The van der Waals surface area contributed by atoms with E-state index >= 15 is 0 Å². The van der Waals surface area contributed by atoms with Crippen LogP contribution in [0.5, 0.6) is 5.75 Å². The molecule has 0 atom stereocenters. The first-order valence-corrected chi connectivity index (χ1v) is 10.5. The van der Waals surface area contributed by atoms with Crippen molar-refractivity contribution in [2.75, 3.05) is 37.7 Å². The average Bonchev–Trinajstić information content (AvgIpc) is 3.30. The Bertz CT molecular complexity index is 988. The molecule has 1 aromatic carbocycles. The van der Waals surface area contributed by atoms with Crippen molar-refractivity contribution in [3.63, 3.8) is 0 Å². The SMILES string of the molecule is CCOc1ccc2nc(N3CCN(C(=O)c4cc(C)nn4CC)CC3)sc2c1. The van der Waals surface area contributed by atoms with Crippen LogP contribution in [0.15, 0.2) is 24.3 Å². The van der Waals surface area contributed by atoms with E-state index in [-0.39, 0.29) is 5.91 Å². The summed E-state index contributed by atoms with van der Waals surface area (Å²) in [6.45, 7) is 10.2. The van der Waals surface area contributed by atoms with Crippen LogP contribution in [0.25, 0.3) is 10.2 Å². The molecule has 8 heteroatoms. The molecule has 0 unspecified atom stereocenters. The fourth-order valence-electron chi connectivity index (χ4n) is 3.51. The fourth-order valence-corrected chi connectivity index (χ4v) is 4.55. The van der Waals surface area contributed by atoms with Crippen molar-refractivity contribution < 1.29 is 9.53 Å². The van der Waals surface area contributed by atoms with Crippen LogP contribution in [-0.4, -0.2) is 58.4 Å². The van der Waals surface area contributed by atoms with E-state index in [1.807, 2.05) is 49.9 Å². The number of nitrogens with zero attached hydrogens (tertiary/aromatic N) is 5. The van der Waals surface area contributed by atoms with Gasteiger partial charge in [-0.3, -0.25) is 9.48 Å². The van der Waals surface area contributed by atoms with Crippen LogP contribution in [0.3, 0.4) is 0 Å². The van der Waals surface area contributed by atoms with E-state index in [4.69, 9.17) is 9.72 Å². The van der Waals surface area contributed by atoms with Gasteiger partial charge in [0.15, 0.2) is 5.13 Å². The van der Waals surface area contributed by atoms with Crippen LogP contribution in [-0.2, 0) is 6.54 Å². The quantitative estimate of drug-likeness (QED) is 0.659. The van der Waals surface area contributed by atoms with Crippen molar-refractivity contribution in [1.82, 2.24) is 19.7 Å². The highest BCUT2D eigenvalue weighted by molar-refractivity contribution is 7.22. The van der Waals surface area contributed by atoms with Crippen molar-refractivity contribution >= 4 is 32.6 Å². The summed E-state index contributed by atoms with van der Waals surface area (Å²) in [6.07, 6.45) is 0. The summed E-state index contributed by atoms with van der Waals surface area (Å²) in [5.41, 5.74) is 2.55. The number of carbonyl (C=O) groups excluding carboxylic acids is 1. The lowest BCUT2D eigenvalue weighted by Crippen LogP contribution is -2.49. The Balaban J connectivity index is 1.45. The minimum absolute atomic E-state index is 0.0627. The van der Waals surface area contributed by atoms with Crippen molar-refractivity contribution in [3.8, 4) is 5.75 Å². The minimum atomic E-state index is 0.0627. The van der Waals surface area contributed by atoms with Gasteiger partial charge in [0, 0.05) is 32.7 Å². The molecule has 0 aliphatic carbocycles.